The number of hydrogen-bond acceptors (Lipinski definition) is 3. The molecule has 0 radical (unpaired) electrons. The molecule has 7 aromatic rings. The van der Waals surface area contributed by atoms with Crippen LogP contribution in [-0.4, -0.2) is 15.0 Å². The van der Waals surface area contributed by atoms with Crippen molar-refractivity contribution in [3.8, 4) is 34.2 Å². The Morgan fingerprint density at radius 3 is 1.79 bits per heavy atom. The third-order valence-electron chi connectivity index (χ3n) is 8.89. The molecule has 0 spiro atoms. The minimum atomic E-state index is 0.624. The van der Waals surface area contributed by atoms with Gasteiger partial charge in [0, 0.05) is 16.7 Å². The molecular weight excluding hydrogens is 510 g/mol. The molecule has 0 N–H and O–H groups in total. The fourth-order valence-corrected chi connectivity index (χ4v) is 6.68. The van der Waals surface area contributed by atoms with Gasteiger partial charge in [0.15, 0.2) is 17.5 Å². The minimum absolute atomic E-state index is 0.624. The maximum atomic E-state index is 5.10. The predicted molar refractivity (Wildman–Crippen MR) is 174 cm³/mol. The highest BCUT2D eigenvalue weighted by Crippen LogP contribution is 2.36. The second-order valence-electron chi connectivity index (χ2n) is 11.5. The van der Waals surface area contributed by atoms with Gasteiger partial charge in [0.05, 0.1) is 0 Å². The Hall–Kier alpha value is -4.89. The lowest BCUT2D eigenvalue weighted by atomic mass is 9.83. The van der Waals surface area contributed by atoms with Crippen LogP contribution in [0.5, 0.6) is 0 Å². The zero-order valence-electron chi connectivity index (χ0n) is 23.5. The molecule has 1 saturated carbocycles. The van der Waals surface area contributed by atoms with Crippen molar-refractivity contribution in [3.63, 3.8) is 0 Å². The Balaban J connectivity index is 1.30. The van der Waals surface area contributed by atoms with E-state index in [1.807, 2.05) is 18.2 Å². The quantitative estimate of drug-likeness (QED) is 0.208. The second kappa shape index (κ2) is 10.5. The summed E-state index contributed by atoms with van der Waals surface area (Å²) in [5.41, 5.74) is 4.44. The molecule has 0 bridgehead atoms. The van der Waals surface area contributed by atoms with E-state index in [0.29, 0.717) is 17.6 Å². The van der Waals surface area contributed by atoms with E-state index in [4.69, 9.17) is 15.0 Å². The second-order valence-corrected chi connectivity index (χ2v) is 11.5. The zero-order chi connectivity index (χ0) is 27.9. The number of nitrogens with zero attached hydrogens (tertiary/aromatic N) is 3. The molecule has 1 aliphatic rings. The molecule has 6 aromatic carbocycles. The summed E-state index contributed by atoms with van der Waals surface area (Å²) < 4.78 is 0. The van der Waals surface area contributed by atoms with E-state index in [0.717, 1.165) is 22.5 Å². The largest absolute Gasteiger partial charge is 0.208 e. The SMILES string of the molecule is c1ccc(-c2nc(-c3cccc(C4CCCCC4)c3)nc(-c3ccc4ccc5c6ccccc6ccc5c4c3)n2)cc1. The van der Waals surface area contributed by atoms with Gasteiger partial charge in [0.25, 0.3) is 0 Å². The zero-order valence-corrected chi connectivity index (χ0v) is 23.5. The van der Waals surface area contributed by atoms with Crippen LogP contribution in [-0.2, 0) is 0 Å². The maximum absolute atomic E-state index is 5.10. The lowest BCUT2D eigenvalue weighted by Crippen LogP contribution is -2.05. The highest BCUT2D eigenvalue weighted by molar-refractivity contribution is 6.17. The van der Waals surface area contributed by atoms with Crippen LogP contribution in [0.3, 0.4) is 0 Å². The number of aromatic nitrogens is 3. The third kappa shape index (κ3) is 4.52. The van der Waals surface area contributed by atoms with E-state index in [9.17, 15) is 0 Å². The summed E-state index contributed by atoms with van der Waals surface area (Å²) in [5, 5.41) is 7.45. The average Bonchev–Trinajstić information content (AvgIpc) is 3.08. The van der Waals surface area contributed by atoms with E-state index in [2.05, 4.69) is 103 Å². The standard InChI is InChI=1S/C39H31N3/c1-3-10-26(11-4-1)30-15-9-16-31(24-30)38-40-37(29-13-5-2-6-14-29)41-39(42-38)32-19-18-28-21-22-34-33-17-8-7-12-27(33)20-23-35(34)36(28)25-32/h2,5-9,12-26H,1,3-4,10-11H2. The highest BCUT2D eigenvalue weighted by Gasteiger charge is 2.18. The molecule has 1 aromatic heterocycles. The number of hydrogen-bond donors (Lipinski definition) is 0. The fourth-order valence-electron chi connectivity index (χ4n) is 6.68. The van der Waals surface area contributed by atoms with Gasteiger partial charge < -0.3 is 0 Å². The summed E-state index contributed by atoms with van der Waals surface area (Å²) >= 11 is 0. The molecule has 0 atom stereocenters. The van der Waals surface area contributed by atoms with Crippen molar-refractivity contribution in [2.45, 2.75) is 38.0 Å². The van der Waals surface area contributed by atoms with Gasteiger partial charge in [-0.15, -0.1) is 0 Å². The van der Waals surface area contributed by atoms with Crippen LogP contribution in [0, 0.1) is 0 Å². The van der Waals surface area contributed by atoms with Gasteiger partial charge >= 0.3 is 0 Å². The van der Waals surface area contributed by atoms with Gasteiger partial charge in [0.2, 0.25) is 0 Å². The lowest BCUT2D eigenvalue weighted by Gasteiger charge is -2.22. The van der Waals surface area contributed by atoms with Crippen LogP contribution in [0.2, 0.25) is 0 Å². The topological polar surface area (TPSA) is 38.7 Å². The monoisotopic (exact) mass is 541 g/mol. The minimum Gasteiger partial charge on any atom is -0.208 e. The predicted octanol–water partition coefficient (Wildman–Crippen LogP) is 10.4. The number of rotatable bonds is 4. The molecule has 1 heterocycles. The van der Waals surface area contributed by atoms with Gasteiger partial charge in [-0.3, -0.25) is 0 Å². The van der Waals surface area contributed by atoms with Crippen molar-refractivity contribution in [2.75, 3.05) is 0 Å². The van der Waals surface area contributed by atoms with Gasteiger partial charge in [-0.05, 0) is 68.8 Å². The van der Waals surface area contributed by atoms with Crippen LogP contribution in [0.4, 0.5) is 0 Å². The Labute approximate surface area is 245 Å². The van der Waals surface area contributed by atoms with Gasteiger partial charge in [-0.2, -0.15) is 0 Å². The first-order chi connectivity index (χ1) is 20.8. The molecule has 1 aliphatic carbocycles. The average molecular weight is 542 g/mol. The number of fused-ring (bicyclic) bond motifs is 5. The van der Waals surface area contributed by atoms with Gasteiger partial charge in [0.1, 0.15) is 0 Å². The fraction of sp³-hybridized carbons (Fsp3) is 0.154. The molecule has 8 rings (SSSR count). The molecular formula is C39H31N3. The molecule has 0 amide bonds. The Bertz CT molecular complexity index is 2070. The van der Waals surface area contributed by atoms with E-state index >= 15 is 0 Å². The third-order valence-corrected chi connectivity index (χ3v) is 8.89. The molecule has 202 valence electrons. The Kier molecular flexibility index (Phi) is 6.22. The molecule has 1 fully saturated rings. The van der Waals surface area contributed by atoms with E-state index in [1.165, 1.54) is 70.0 Å². The molecule has 3 nitrogen and oxygen atoms in total. The van der Waals surface area contributed by atoms with E-state index in [-0.39, 0.29) is 0 Å². The van der Waals surface area contributed by atoms with Crippen molar-refractivity contribution in [3.05, 3.63) is 127 Å². The summed E-state index contributed by atoms with van der Waals surface area (Å²) in [4.78, 5) is 15.1. The van der Waals surface area contributed by atoms with Crippen LogP contribution in [0.15, 0.2) is 121 Å². The first-order valence-electron chi connectivity index (χ1n) is 15.1. The van der Waals surface area contributed by atoms with Crippen molar-refractivity contribution in [2.24, 2.45) is 0 Å². The summed E-state index contributed by atoms with van der Waals surface area (Å²) in [6.45, 7) is 0. The van der Waals surface area contributed by atoms with E-state index in [1.54, 1.807) is 0 Å². The molecule has 0 unspecified atom stereocenters. The summed E-state index contributed by atoms with van der Waals surface area (Å²) in [6, 6.07) is 43.2. The van der Waals surface area contributed by atoms with Crippen LogP contribution >= 0.6 is 0 Å². The van der Waals surface area contributed by atoms with Gasteiger partial charge in [-0.25, -0.2) is 15.0 Å². The summed E-state index contributed by atoms with van der Waals surface area (Å²) in [7, 11) is 0. The van der Waals surface area contributed by atoms with Crippen molar-refractivity contribution in [1.29, 1.82) is 0 Å². The molecule has 0 aliphatic heterocycles. The first-order valence-corrected chi connectivity index (χ1v) is 15.1. The van der Waals surface area contributed by atoms with Crippen LogP contribution in [0.25, 0.3) is 66.5 Å². The van der Waals surface area contributed by atoms with Crippen molar-refractivity contribution in [1.82, 2.24) is 15.0 Å². The Morgan fingerprint density at radius 1 is 0.405 bits per heavy atom. The van der Waals surface area contributed by atoms with Crippen molar-refractivity contribution >= 4 is 32.3 Å². The summed E-state index contributed by atoms with van der Waals surface area (Å²) in [6.07, 6.45) is 6.51. The summed E-state index contributed by atoms with van der Waals surface area (Å²) in [5.74, 6) is 2.74. The van der Waals surface area contributed by atoms with Gasteiger partial charge in [-0.1, -0.05) is 128 Å². The lowest BCUT2D eigenvalue weighted by molar-refractivity contribution is 0.443. The molecule has 42 heavy (non-hydrogen) atoms. The van der Waals surface area contributed by atoms with E-state index < -0.39 is 0 Å². The highest BCUT2D eigenvalue weighted by atomic mass is 15.0. The first kappa shape index (κ1) is 24.9. The van der Waals surface area contributed by atoms with Crippen molar-refractivity contribution < 1.29 is 0 Å². The number of benzene rings is 6. The van der Waals surface area contributed by atoms with Crippen LogP contribution < -0.4 is 0 Å². The molecule has 0 saturated heterocycles. The van der Waals surface area contributed by atoms with Crippen LogP contribution in [0.1, 0.15) is 43.6 Å². The molecule has 3 heteroatoms. The Morgan fingerprint density at radius 2 is 1.00 bits per heavy atom. The normalized spacial score (nSPS) is 14.1. The maximum Gasteiger partial charge on any atom is 0.164 e. The smallest absolute Gasteiger partial charge is 0.164 e.